The van der Waals surface area contributed by atoms with E-state index in [0.29, 0.717) is 19.7 Å². The molecule has 138 valence electrons. The highest BCUT2D eigenvalue weighted by Gasteiger charge is 2.38. The molecule has 6 nitrogen and oxygen atoms in total. The number of hydrazine groups is 1. The monoisotopic (exact) mass is 372 g/mol. The molecule has 3 unspecified atom stereocenters. The highest BCUT2D eigenvalue weighted by molar-refractivity contribution is 7.10. The standard InChI is InChI=1S/C19H24N4O2S/c24-19(16-11-21-22-18(16)17-7-4-10-26-17)23-9-3-6-15(12-23)25-13-14-5-1-2-8-20-14/h1-2,4-5,7-8,10,15-16,18,21-22H,3,6,9,11-13H2. The Labute approximate surface area is 157 Å². The maximum Gasteiger partial charge on any atom is 0.229 e. The molecule has 2 aromatic rings. The molecule has 2 aliphatic rings. The molecule has 4 heterocycles. The number of amides is 1. The van der Waals surface area contributed by atoms with Gasteiger partial charge in [-0.2, -0.15) is 0 Å². The van der Waals surface area contributed by atoms with Gasteiger partial charge in [-0.05, 0) is 36.4 Å². The van der Waals surface area contributed by atoms with Crippen LogP contribution in [0, 0.1) is 5.92 Å². The Hall–Kier alpha value is -1.80. The Morgan fingerprint density at radius 1 is 1.35 bits per heavy atom. The predicted octanol–water partition coefficient (Wildman–Crippen LogP) is 2.12. The zero-order chi connectivity index (χ0) is 17.8. The molecule has 1 amide bonds. The molecule has 2 saturated heterocycles. The van der Waals surface area contributed by atoms with Crippen molar-refractivity contribution in [2.24, 2.45) is 5.92 Å². The van der Waals surface area contributed by atoms with E-state index in [4.69, 9.17) is 4.74 Å². The summed E-state index contributed by atoms with van der Waals surface area (Å²) in [6, 6.07) is 10.0. The normalized spacial score (nSPS) is 26.2. The van der Waals surface area contributed by atoms with Gasteiger partial charge in [-0.3, -0.25) is 15.2 Å². The maximum absolute atomic E-state index is 13.1. The van der Waals surface area contributed by atoms with E-state index in [0.717, 1.165) is 25.1 Å². The number of hydrogen-bond acceptors (Lipinski definition) is 6. The molecule has 0 spiro atoms. The van der Waals surface area contributed by atoms with Crippen LogP contribution >= 0.6 is 11.3 Å². The van der Waals surface area contributed by atoms with Crippen LogP contribution in [0.2, 0.25) is 0 Å². The summed E-state index contributed by atoms with van der Waals surface area (Å²) in [5, 5.41) is 2.05. The summed E-state index contributed by atoms with van der Waals surface area (Å²) in [6.07, 6.45) is 3.83. The largest absolute Gasteiger partial charge is 0.370 e. The predicted molar refractivity (Wildman–Crippen MR) is 100 cm³/mol. The van der Waals surface area contributed by atoms with E-state index in [9.17, 15) is 4.79 Å². The van der Waals surface area contributed by atoms with Gasteiger partial charge in [-0.15, -0.1) is 11.3 Å². The SMILES string of the molecule is O=C(C1CNNC1c1cccs1)N1CCCC(OCc2ccccn2)C1. The van der Waals surface area contributed by atoms with Crippen molar-refractivity contribution in [3.63, 3.8) is 0 Å². The van der Waals surface area contributed by atoms with Crippen molar-refractivity contribution >= 4 is 17.2 Å². The quantitative estimate of drug-likeness (QED) is 0.842. The molecule has 3 atom stereocenters. The van der Waals surface area contributed by atoms with Crippen LogP contribution in [-0.4, -0.2) is 41.5 Å². The smallest absolute Gasteiger partial charge is 0.229 e. The number of hydrogen-bond donors (Lipinski definition) is 2. The highest BCUT2D eigenvalue weighted by atomic mass is 32.1. The van der Waals surface area contributed by atoms with Crippen molar-refractivity contribution in [2.45, 2.75) is 31.6 Å². The number of aromatic nitrogens is 1. The van der Waals surface area contributed by atoms with Crippen LogP contribution in [0.15, 0.2) is 41.9 Å². The minimum atomic E-state index is -0.0665. The number of piperidine rings is 1. The number of ether oxygens (including phenoxy) is 1. The second-order valence-electron chi connectivity index (χ2n) is 6.81. The Morgan fingerprint density at radius 2 is 2.31 bits per heavy atom. The first-order valence-electron chi connectivity index (χ1n) is 9.13. The molecule has 0 aliphatic carbocycles. The van der Waals surface area contributed by atoms with Crippen LogP contribution in [-0.2, 0) is 16.1 Å². The fourth-order valence-electron chi connectivity index (χ4n) is 3.66. The van der Waals surface area contributed by atoms with Crippen molar-refractivity contribution in [2.75, 3.05) is 19.6 Å². The van der Waals surface area contributed by atoms with E-state index < -0.39 is 0 Å². The van der Waals surface area contributed by atoms with Gasteiger partial charge in [-0.25, -0.2) is 5.43 Å². The van der Waals surface area contributed by atoms with Crippen molar-refractivity contribution in [3.05, 3.63) is 52.5 Å². The molecule has 0 bridgehead atoms. The lowest BCUT2D eigenvalue weighted by atomic mass is 9.97. The van der Waals surface area contributed by atoms with Gasteiger partial charge in [0.05, 0.1) is 30.4 Å². The Morgan fingerprint density at radius 3 is 3.12 bits per heavy atom. The minimum absolute atomic E-state index is 0.0531. The number of thiophene rings is 1. The van der Waals surface area contributed by atoms with E-state index in [1.165, 1.54) is 4.88 Å². The molecule has 7 heteroatoms. The molecular formula is C19H24N4O2S. The third-order valence-corrected chi connectivity index (χ3v) is 5.99. The topological polar surface area (TPSA) is 66.5 Å². The highest BCUT2D eigenvalue weighted by Crippen LogP contribution is 2.30. The third-order valence-electron chi connectivity index (χ3n) is 5.03. The fraction of sp³-hybridized carbons (Fsp3) is 0.474. The summed E-state index contributed by atoms with van der Waals surface area (Å²) in [6.45, 7) is 2.64. The third kappa shape index (κ3) is 3.96. The van der Waals surface area contributed by atoms with Gasteiger partial charge in [0.2, 0.25) is 5.91 Å². The first-order valence-corrected chi connectivity index (χ1v) is 10.0. The first kappa shape index (κ1) is 17.6. The molecule has 2 aliphatic heterocycles. The van der Waals surface area contributed by atoms with Gasteiger partial charge in [0, 0.05) is 30.7 Å². The zero-order valence-electron chi connectivity index (χ0n) is 14.6. The van der Waals surface area contributed by atoms with Gasteiger partial charge in [0.15, 0.2) is 0 Å². The van der Waals surface area contributed by atoms with Gasteiger partial charge >= 0.3 is 0 Å². The second kappa shape index (κ2) is 8.26. The number of nitrogens with zero attached hydrogens (tertiary/aromatic N) is 2. The molecule has 2 aromatic heterocycles. The first-order chi connectivity index (χ1) is 12.8. The summed E-state index contributed by atoms with van der Waals surface area (Å²) < 4.78 is 6.03. The molecule has 0 radical (unpaired) electrons. The summed E-state index contributed by atoms with van der Waals surface area (Å²) in [4.78, 5) is 20.6. The molecule has 0 aromatic carbocycles. The van der Waals surface area contributed by atoms with E-state index in [1.807, 2.05) is 29.2 Å². The Balaban J connectivity index is 1.35. The number of likely N-dealkylation sites (tertiary alicyclic amines) is 1. The molecule has 4 rings (SSSR count). The number of nitrogens with one attached hydrogen (secondary N) is 2. The average molecular weight is 372 g/mol. The van der Waals surface area contributed by atoms with Gasteiger partial charge in [-0.1, -0.05) is 12.1 Å². The van der Waals surface area contributed by atoms with E-state index in [-0.39, 0.29) is 24.0 Å². The molecule has 2 N–H and O–H groups in total. The number of pyridine rings is 1. The number of carbonyl (C=O) groups is 1. The Bertz CT molecular complexity index is 710. The van der Waals surface area contributed by atoms with E-state index >= 15 is 0 Å². The summed E-state index contributed by atoms with van der Waals surface area (Å²) in [7, 11) is 0. The van der Waals surface area contributed by atoms with Crippen molar-refractivity contribution in [3.8, 4) is 0 Å². The zero-order valence-corrected chi connectivity index (χ0v) is 15.5. The Kier molecular flexibility index (Phi) is 5.59. The molecular weight excluding hydrogens is 348 g/mol. The number of rotatable bonds is 5. The summed E-state index contributed by atoms with van der Waals surface area (Å²) in [5.41, 5.74) is 7.35. The van der Waals surface area contributed by atoms with Gasteiger partial charge in [0.25, 0.3) is 0 Å². The van der Waals surface area contributed by atoms with Crippen LogP contribution in [0.5, 0.6) is 0 Å². The maximum atomic E-state index is 13.1. The molecule has 0 saturated carbocycles. The van der Waals surface area contributed by atoms with Crippen LogP contribution in [0.1, 0.15) is 29.5 Å². The van der Waals surface area contributed by atoms with Crippen LogP contribution in [0.25, 0.3) is 0 Å². The summed E-state index contributed by atoms with van der Waals surface area (Å²) >= 11 is 1.69. The van der Waals surface area contributed by atoms with Gasteiger partial charge < -0.3 is 9.64 Å². The van der Waals surface area contributed by atoms with Crippen molar-refractivity contribution < 1.29 is 9.53 Å². The molecule has 2 fully saturated rings. The van der Waals surface area contributed by atoms with Crippen LogP contribution in [0.3, 0.4) is 0 Å². The van der Waals surface area contributed by atoms with Crippen molar-refractivity contribution in [1.29, 1.82) is 0 Å². The fourth-order valence-corrected chi connectivity index (χ4v) is 4.50. The molecule has 26 heavy (non-hydrogen) atoms. The lowest BCUT2D eigenvalue weighted by Crippen LogP contribution is -2.47. The minimum Gasteiger partial charge on any atom is -0.370 e. The van der Waals surface area contributed by atoms with E-state index in [1.54, 1.807) is 17.5 Å². The second-order valence-corrected chi connectivity index (χ2v) is 7.78. The van der Waals surface area contributed by atoms with E-state index in [2.05, 4.69) is 27.3 Å². The van der Waals surface area contributed by atoms with Crippen LogP contribution in [0.4, 0.5) is 0 Å². The van der Waals surface area contributed by atoms with Crippen molar-refractivity contribution in [1.82, 2.24) is 20.7 Å². The van der Waals surface area contributed by atoms with Crippen LogP contribution < -0.4 is 10.9 Å². The van der Waals surface area contributed by atoms with Gasteiger partial charge in [0.1, 0.15) is 0 Å². The number of carbonyl (C=O) groups excluding carboxylic acids is 1. The lowest BCUT2D eigenvalue weighted by Gasteiger charge is -2.34. The average Bonchev–Trinajstić information content (AvgIpc) is 3.38. The summed E-state index contributed by atoms with van der Waals surface area (Å²) in [5.74, 6) is 0.148. The lowest BCUT2D eigenvalue weighted by molar-refractivity contribution is -0.140.